The van der Waals surface area contributed by atoms with Crippen molar-refractivity contribution in [1.29, 1.82) is 0 Å². The van der Waals surface area contributed by atoms with Gasteiger partial charge in [-0.3, -0.25) is 4.79 Å². The summed E-state index contributed by atoms with van der Waals surface area (Å²) in [5.74, 6) is -0.135. The Bertz CT molecular complexity index is 1170. The Balaban J connectivity index is 1.66. The highest BCUT2D eigenvalue weighted by Gasteiger charge is 2.25. The molecule has 2 aromatic heterocycles. The maximum Gasteiger partial charge on any atom is 0.264 e. The normalized spacial score (nSPS) is 16.8. The molecule has 0 spiro atoms. The molecule has 148 valence electrons. The fourth-order valence-electron chi connectivity index (χ4n) is 3.15. The van der Waals surface area contributed by atoms with E-state index in [1.54, 1.807) is 0 Å². The third kappa shape index (κ3) is 3.97. The number of thioether (sulfide) groups is 1. The number of nitrogens with one attached hydrogen (secondary N) is 1. The van der Waals surface area contributed by atoms with Crippen LogP contribution in [-0.4, -0.2) is 20.6 Å². The molecule has 1 amide bonds. The summed E-state index contributed by atoms with van der Waals surface area (Å²) in [4.78, 5) is 23.1. The van der Waals surface area contributed by atoms with E-state index in [0.717, 1.165) is 37.7 Å². The molecule has 1 aliphatic heterocycles. The van der Waals surface area contributed by atoms with Gasteiger partial charge in [-0.1, -0.05) is 23.5 Å². The maximum atomic E-state index is 12.5. The molecule has 1 aromatic carbocycles. The number of carbonyl (C=O) groups is 1. The Morgan fingerprint density at radius 3 is 2.66 bits per heavy atom. The van der Waals surface area contributed by atoms with Crippen LogP contribution in [0.4, 0.5) is 5.13 Å². The van der Waals surface area contributed by atoms with Gasteiger partial charge in [-0.05, 0) is 85.2 Å². The van der Waals surface area contributed by atoms with Gasteiger partial charge in [0.2, 0.25) is 5.13 Å². The van der Waals surface area contributed by atoms with E-state index in [4.69, 9.17) is 0 Å². The van der Waals surface area contributed by atoms with Gasteiger partial charge < -0.3 is 9.88 Å². The van der Waals surface area contributed by atoms with Gasteiger partial charge in [0.15, 0.2) is 5.17 Å². The lowest BCUT2D eigenvalue weighted by atomic mass is 10.2. The van der Waals surface area contributed by atoms with E-state index in [9.17, 15) is 4.79 Å². The predicted octanol–water partition coefficient (Wildman–Crippen LogP) is 5.82. The fourth-order valence-corrected chi connectivity index (χ4v) is 5.27. The van der Waals surface area contributed by atoms with Crippen LogP contribution in [-0.2, 0) is 4.79 Å². The third-order valence-electron chi connectivity index (χ3n) is 4.72. The number of halogens is 1. The van der Waals surface area contributed by atoms with Gasteiger partial charge in [-0.25, -0.2) is 4.98 Å². The molecule has 3 aromatic rings. The number of benzene rings is 1. The molecule has 1 saturated heterocycles. The lowest BCUT2D eigenvalue weighted by molar-refractivity contribution is -0.115. The second-order valence-electron chi connectivity index (χ2n) is 6.73. The number of aromatic nitrogens is 2. The van der Waals surface area contributed by atoms with Crippen LogP contribution in [0.2, 0.25) is 0 Å². The van der Waals surface area contributed by atoms with Crippen molar-refractivity contribution in [2.45, 2.75) is 27.7 Å². The Morgan fingerprint density at radius 2 is 1.97 bits per heavy atom. The molecule has 0 bridgehead atoms. The number of amidine groups is 1. The van der Waals surface area contributed by atoms with Crippen LogP contribution in [0.15, 0.2) is 44.7 Å². The molecule has 3 heterocycles. The van der Waals surface area contributed by atoms with Crippen molar-refractivity contribution >= 4 is 61.3 Å². The van der Waals surface area contributed by atoms with Crippen LogP contribution < -0.4 is 5.32 Å². The number of hydrogen-bond acceptors (Lipinski definition) is 5. The van der Waals surface area contributed by atoms with E-state index >= 15 is 0 Å². The van der Waals surface area contributed by atoms with Crippen LogP contribution in [0.5, 0.6) is 0 Å². The van der Waals surface area contributed by atoms with Crippen LogP contribution in [0.3, 0.4) is 0 Å². The van der Waals surface area contributed by atoms with Crippen molar-refractivity contribution in [3.63, 3.8) is 0 Å². The second-order valence-corrected chi connectivity index (χ2v) is 9.80. The number of rotatable bonds is 3. The van der Waals surface area contributed by atoms with Crippen molar-refractivity contribution < 1.29 is 4.79 Å². The summed E-state index contributed by atoms with van der Waals surface area (Å²) < 4.78 is 3.21. The van der Waals surface area contributed by atoms with E-state index in [2.05, 4.69) is 61.8 Å². The van der Waals surface area contributed by atoms with Gasteiger partial charge in [0.25, 0.3) is 5.91 Å². The average Bonchev–Trinajstić information content (AvgIpc) is 3.26. The zero-order valence-corrected chi connectivity index (χ0v) is 19.6. The zero-order chi connectivity index (χ0) is 20.7. The van der Waals surface area contributed by atoms with Gasteiger partial charge >= 0.3 is 0 Å². The van der Waals surface area contributed by atoms with Crippen LogP contribution in [0.25, 0.3) is 11.8 Å². The number of nitrogens with zero attached hydrogens (tertiary/aromatic N) is 3. The van der Waals surface area contributed by atoms with Crippen LogP contribution >= 0.6 is 39.0 Å². The first-order valence-corrected chi connectivity index (χ1v) is 11.4. The molecule has 1 fully saturated rings. The number of thiazole rings is 1. The Morgan fingerprint density at radius 1 is 1.21 bits per heavy atom. The summed E-state index contributed by atoms with van der Waals surface area (Å²) in [6.07, 6.45) is 1.93. The Labute approximate surface area is 186 Å². The highest BCUT2D eigenvalue weighted by atomic mass is 79.9. The van der Waals surface area contributed by atoms with Gasteiger partial charge in [0.1, 0.15) is 0 Å². The van der Waals surface area contributed by atoms with Gasteiger partial charge in [-0.2, -0.15) is 4.99 Å². The Hall–Kier alpha value is -2.16. The average molecular weight is 487 g/mol. The number of aliphatic imine (C=N–C) groups is 1. The minimum Gasteiger partial charge on any atom is -0.317 e. The molecule has 0 radical (unpaired) electrons. The molecule has 1 N–H and O–H groups in total. The fraction of sp³-hybridized carbons (Fsp3) is 0.190. The van der Waals surface area contributed by atoms with Crippen molar-refractivity contribution in [2.24, 2.45) is 4.99 Å². The molecule has 0 saturated carbocycles. The molecule has 5 nitrogen and oxygen atoms in total. The summed E-state index contributed by atoms with van der Waals surface area (Å²) in [5, 5.41) is 4.07. The third-order valence-corrected chi connectivity index (χ3v) is 7.26. The molecule has 1 aliphatic rings. The second kappa shape index (κ2) is 7.93. The lowest BCUT2D eigenvalue weighted by Gasteiger charge is -2.11. The van der Waals surface area contributed by atoms with Crippen molar-refractivity contribution in [3.8, 4) is 5.69 Å². The number of aryl methyl sites for hydroxylation is 3. The first-order valence-electron chi connectivity index (χ1n) is 9.01. The first kappa shape index (κ1) is 20.1. The number of amides is 1. The number of hydrogen-bond donors (Lipinski definition) is 1. The zero-order valence-electron chi connectivity index (χ0n) is 16.4. The van der Waals surface area contributed by atoms with Crippen molar-refractivity contribution in [1.82, 2.24) is 14.9 Å². The smallest absolute Gasteiger partial charge is 0.264 e. The molecule has 0 aliphatic carbocycles. The minimum atomic E-state index is -0.135. The van der Waals surface area contributed by atoms with Crippen molar-refractivity contribution in [3.05, 3.63) is 67.2 Å². The highest BCUT2D eigenvalue weighted by molar-refractivity contribution is 9.10. The van der Waals surface area contributed by atoms with E-state index in [1.807, 2.05) is 38.1 Å². The Kier molecular flexibility index (Phi) is 5.50. The van der Waals surface area contributed by atoms with Gasteiger partial charge in [0.05, 0.1) is 16.3 Å². The molecule has 29 heavy (non-hydrogen) atoms. The molecular weight excluding hydrogens is 468 g/mol. The maximum absolute atomic E-state index is 12.5. The summed E-state index contributed by atoms with van der Waals surface area (Å²) in [6, 6.07) is 10.2. The quantitative estimate of drug-likeness (QED) is 0.474. The molecular formula is C21H19BrN4OS2. The van der Waals surface area contributed by atoms with E-state index in [1.165, 1.54) is 23.1 Å². The SMILES string of the molecule is Cc1nc(/N=C2\NC(=O)/C(=C/c3cc(C)n(-c4ccccc4Br)c3C)S2)sc1C. The monoisotopic (exact) mass is 486 g/mol. The molecule has 0 unspecified atom stereocenters. The summed E-state index contributed by atoms with van der Waals surface area (Å²) in [6.45, 7) is 8.11. The van der Waals surface area contributed by atoms with Gasteiger partial charge in [0, 0.05) is 20.7 Å². The van der Waals surface area contributed by atoms with Crippen LogP contribution in [0.1, 0.15) is 27.5 Å². The molecule has 0 atom stereocenters. The largest absolute Gasteiger partial charge is 0.317 e. The summed E-state index contributed by atoms with van der Waals surface area (Å²) in [7, 11) is 0. The van der Waals surface area contributed by atoms with E-state index in [-0.39, 0.29) is 5.91 Å². The molecule has 8 heteroatoms. The van der Waals surface area contributed by atoms with Gasteiger partial charge in [-0.15, -0.1) is 0 Å². The standard InChI is InChI=1S/C21H19BrN4OS2/c1-11-9-15(13(3)26(11)17-8-6-5-7-16(17)22)10-18-19(27)24-21(29-18)25-20-23-12(2)14(4)28-20/h5-10H,1-4H3,(H,23,24,25,27)/b18-10-. The topological polar surface area (TPSA) is 59.3 Å². The van der Waals surface area contributed by atoms with Crippen molar-refractivity contribution in [2.75, 3.05) is 0 Å². The summed E-state index contributed by atoms with van der Waals surface area (Å²) >= 11 is 6.50. The molecule has 4 rings (SSSR count). The van der Waals surface area contributed by atoms with E-state index < -0.39 is 0 Å². The highest BCUT2D eigenvalue weighted by Crippen LogP contribution is 2.33. The summed E-state index contributed by atoms with van der Waals surface area (Å²) in [5.41, 5.74) is 5.24. The number of carbonyl (C=O) groups excluding carboxylic acids is 1. The minimum absolute atomic E-state index is 0.135. The van der Waals surface area contributed by atoms with Crippen LogP contribution in [0, 0.1) is 27.7 Å². The first-order chi connectivity index (χ1) is 13.8. The predicted molar refractivity (Wildman–Crippen MR) is 125 cm³/mol. The van der Waals surface area contributed by atoms with E-state index in [0.29, 0.717) is 15.2 Å². The number of para-hydroxylation sites is 1. The lowest BCUT2D eigenvalue weighted by Crippen LogP contribution is -2.19.